The lowest BCUT2D eigenvalue weighted by atomic mass is 9.83. The molecule has 2 bridgehead atoms. The van der Waals surface area contributed by atoms with Gasteiger partial charge in [-0.3, -0.25) is 4.79 Å². The first-order chi connectivity index (χ1) is 6.75. The maximum atomic E-state index is 11.2. The second-order valence-corrected chi connectivity index (χ2v) is 5.09. The van der Waals surface area contributed by atoms with E-state index in [-0.39, 0.29) is 5.92 Å². The van der Waals surface area contributed by atoms with Crippen molar-refractivity contribution in [2.45, 2.75) is 32.1 Å². The Morgan fingerprint density at radius 2 is 2.07 bits per heavy atom. The van der Waals surface area contributed by atoms with Crippen LogP contribution in [0.3, 0.4) is 0 Å². The molecule has 3 saturated carbocycles. The zero-order valence-electron chi connectivity index (χ0n) is 8.28. The molecule has 0 spiro atoms. The number of carboxylic acid groups (broad SMARTS) is 1. The lowest BCUT2D eigenvalue weighted by Crippen LogP contribution is -2.22. The number of fused-ring (bicyclic) bond motifs is 2. The number of carbonyl (C=O) groups is 1. The lowest BCUT2D eigenvalue weighted by molar-refractivity contribution is -0.141. The largest absolute Gasteiger partial charge is 0.481 e. The quantitative estimate of drug-likeness (QED) is 0.682. The third kappa shape index (κ3) is 1.20. The maximum Gasteiger partial charge on any atom is 0.310 e. The Kier molecular flexibility index (Phi) is 1.73. The summed E-state index contributed by atoms with van der Waals surface area (Å²) in [5.41, 5.74) is 1.29. The fraction of sp³-hybridized carbons (Fsp3) is 0.750. The summed E-state index contributed by atoms with van der Waals surface area (Å²) in [7, 11) is 0. The number of rotatable bonds is 2. The van der Waals surface area contributed by atoms with Gasteiger partial charge in [0.15, 0.2) is 0 Å². The van der Waals surface area contributed by atoms with Crippen LogP contribution in [0.1, 0.15) is 32.1 Å². The van der Waals surface area contributed by atoms with E-state index in [2.05, 4.69) is 6.08 Å². The van der Waals surface area contributed by atoms with Crippen LogP contribution in [0.4, 0.5) is 0 Å². The van der Waals surface area contributed by atoms with Gasteiger partial charge in [-0.1, -0.05) is 11.6 Å². The molecule has 3 fully saturated rings. The fourth-order valence-electron chi connectivity index (χ4n) is 3.27. The van der Waals surface area contributed by atoms with Crippen molar-refractivity contribution in [3.05, 3.63) is 11.6 Å². The molecule has 0 aliphatic heterocycles. The highest BCUT2D eigenvalue weighted by molar-refractivity contribution is 5.75. The molecule has 0 aromatic rings. The van der Waals surface area contributed by atoms with E-state index < -0.39 is 5.97 Å². The van der Waals surface area contributed by atoms with Crippen LogP contribution in [0.15, 0.2) is 11.6 Å². The molecule has 2 heteroatoms. The molecule has 76 valence electrons. The van der Waals surface area contributed by atoms with Crippen molar-refractivity contribution in [3.63, 3.8) is 0 Å². The second kappa shape index (κ2) is 2.85. The van der Waals surface area contributed by atoms with E-state index in [9.17, 15) is 9.90 Å². The first kappa shape index (κ1) is 8.51. The molecular formula is C12H16O2. The van der Waals surface area contributed by atoms with Gasteiger partial charge in [-0.25, -0.2) is 0 Å². The van der Waals surface area contributed by atoms with E-state index >= 15 is 0 Å². The average Bonchev–Trinajstić information content (AvgIpc) is 2.74. The summed E-state index contributed by atoms with van der Waals surface area (Å²) in [5, 5.41) is 9.20. The van der Waals surface area contributed by atoms with E-state index in [4.69, 9.17) is 0 Å². The highest BCUT2D eigenvalue weighted by Gasteiger charge is 2.47. The van der Waals surface area contributed by atoms with Crippen LogP contribution in [-0.2, 0) is 4.79 Å². The van der Waals surface area contributed by atoms with Gasteiger partial charge >= 0.3 is 5.97 Å². The molecular weight excluding hydrogens is 176 g/mol. The summed E-state index contributed by atoms with van der Waals surface area (Å²) in [6.07, 6.45) is 8.40. The predicted molar refractivity (Wildman–Crippen MR) is 52.8 cm³/mol. The van der Waals surface area contributed by atoms with Gasteiger partial charge in [0, 0.05) is 0 Å². The molecule has 3 unspecified atom stereocenters. The zero-order valence-corrected chi connectivity index (χ0v) is 8.28. The molecule has 0 radical (unpaired) electrons. The number of aliphatic carboxylic acids is 1. The average molecular weight is 192 g/mol. The molecule has 0 aromatic carbocycles. The molecule has 0 aromatic heterocycles. The fourth-order valence-corrected chi connectivity index (χ4v) is 3.27. The van der Waals surface area contributed by atoms with Gasteiger partial charge in [0.05, 0.1) is 5.92 Å². The SMILES string of the molecule is O=C(O)C1C(=CC2CC2)C2CCC1C2. The Balaban J connectivity index is 1.89. The molecule has 2 nitrogen and oxygen atoms in total. The molecule has 3 aliphatic carbocycles. The second-order valence-electron chi connectivity index (χ2n) is 5.09. The third-order valence-electron chi connectivity index (χ3n) is 4.09. The van der Waals surface area contributed by atoms with Gasteiger partial charge < -0.3 is 5.11 Å². The monoisotopic (exact) mass is 192 g/mol. The van der Waals surface area contributed by atoms with Crippen molar-refractivity contribution in [2.75, 3.05) is 0 Å². The summed E-state index contributed by atoms with van der Waals surface area (Å²) in [6.45, 7) is 0. The zero-order chi connectivity index (χ0) is 9.71. The maximum absolute atomic E-state index is 11.2. The van der Waals surface area contributed by atoms with Gasteiger partial charge in [-0.2, -0.15) is 0 Å². The number of carboxylic acids is 1. The van der Waals surface area contributed by atoms with Gasteiger partial charge in [-0.15, -0.1) is 0 Å². The minimum Gasteiger partial charge on any atom is -0.481 e. The van der Waals surface area contributed by atoms with Crippen LogP contribution in [0.25, 0.3) is 0 Å². The topological polar surface area (TPSA) is 37.3 Å². The summed E-state index contributed by atoms with van der Waals surface area (Å²) in [4.78, 5) is 11.2. The van der Waals surface area contributed by atoms with Crippen LogP contribution in [-0.4, -0.2) is 11.1 Å². The molecule has 1 N–H and O–H groups in total. The Hall–Kier alpha value is -0.790. The standard InChI is InChI=1S/C12H16O2/c13-12(14)11-9-4-3-8(6-9)10(11)5-7-1-2-7/h5,7-9,11H,1-4,6H2,(H,13,14). The molecule has 3 atom stereocenters. The van der Waals surface area contributed by atoms with E-state index in [1.807, 2.05) is 0 Å². The molecule has 3 rings (SSSR count). The molecule has 0 amide bonds. The number of hydrogen-bond donors (Lipinski definition) is 1. The first-order valence-corrected chi connectivity index (χ1v) is 5.70. The Morgan fingerprint density at radius 3 is 2.71 bits per heavy atom. The van der Waals surface area contributed by atoms with Gasteiger partial charge in [0.2, 0.25) is 0 Å². The summed E-state index contributed by atoms with van der Waals surface area (Å²) < 4.78 is 0. The van der Waals surface area contributed by atoms with Crippen LogP contribution in [0.2, 0.25) is 0 Å². The minimum atomic E-state index is -0.580. The van der Waals surface area contributed by atoms with Crippen molar-refractivity contribution in [1.29, 1.82) is 0 Å². The molecule has 14 heavy (non-hydrogen) atoms. The Bertz CT molecular complexity index is 301. The smallest absolute Gasteiger partial charge is 0.310 e. The Labute approximate surface area is 84.0 Å². The molecule has 0 saturated heterocycles. The lowest BCUT2D eigenvalue weighted by Gasteiger charge is -2.21. The van der Waals surface area contributed by atoms with Crippen LogP contribution in [0, 0.1) is 23.7 Å². The van der Waals surface area contributed by atoms with E-state index in [0.29, 0.717) is 11.8 Å². The summed E-state index contributed by atoms with van der Waals surface area (Å²) >= 11 is 0. The van der Waals surface area contributed by atoms with Crippen molar-refractivity contribution < 1.29 is 9.90 Å². The first-order valence-electron chi connectivity index (χ1n) is 5.70. The third-order valence-corrected chi connectivity index (χ3v) is 4.09. The highest BCUT2D eigenvalue weighted by atomic mass is 16.4. The van der Waals surface area contributed by atoms with Crippen molar-refractivity contribution >= 4 is 5.97 Å². The van der Waals surface area contributed by atoms with Crippen LogP contribution >= 0.6 is 0 Å². The normalized spacial score (nSPS) is 43.4. The Morgan fingerprint density at radius 1 is 1.29 bits per heavy atom. The predicted octanol–water partition coefficient (Wildman–Crippen LogP) is 2.45. The van der Waals surface area contributed by atoms with Crippen molar-refractivity contribution in [1.82, 2.24) is 0 Å². The molecule has 0 heterocycles. The van der Waals surface area contributed by atoms with E-state index in [0.717, 1.165) is 18.8 Å². The van der Waals surface area contributed by atoms with E-state index in [1.165, 1.54) is 24.8 Å². The van der Waals surface area contributed by atoms with Crippen LogP contribution in [0.5, 0.6) is 0 Å². The van der Waals surface area contributed by atoms with Crippen molar-refractivity contribution in [2.24, 2.45) is 23.7 Å². The van der Waals surface area contributed by atoms with Gasteiger partial charge in [0.1, 0.15) is 0 Å². The van der Waals surface area contributed by atoms with Gasteiger partial charge in [0.25, 0.3) is 0 Å². The summed E-state index contributed by atoms with van der Waals surface area (Å²) in [6, 6.07) is 0. The number of hydrogen-bond acceptors (Lipinski definition) is 1. The van der Waals surface area contributed by atoms with Crippen molar-refractivity contribution in [3.8, 4) is 0 Å². The molecule has 3 aliphatic rings. The van der Waals surface area contributed by atoms with Gasteiger partial charge in [-0.05, 0) is 49.9 Å². The van der Waals surface area contributed by atoms with E-state index in [1.54, 1.807) is 0 Å². The number of allylic oxidation sites excluding steroid dienone is 1. The summed E-state index contributed by atoms with van der Waals surface area (Å²) in [5.74, 6) is 1.12. The minimum absolute atomic E-state index is 0.116. The highest BCUT2D eigenvalue weighted by Crippen LogP contribution is 2.53. The van der Waals surface area contributed by atoms with Crippen LogP contribution < -0.4 is 0 Å².